The summed E-state index contributed by atoms with van der Waals surface area (Å²) in [5, 5.41) is 14.1. The van der Waals surface area contributed by atoms with Gasteiger partial charge in [0.1, 0.15) is 0 Å². The van der Waals surface area contributed by atoms with Gasteiger partial charge in [0.25, 0.3) is 0 Å². The molecule has 0 fully saturated rings. The first-order valence-corrected chi connectivity index (χ1v) is 6.75. The number of hydrogen-bond acceptors (Lipinski definition) is 3. The minimum atomic E-state index is -1.02. The summed E-state index contributed by atoms with van der Waals surface area (Å²) in [4.78, 5) is 2.00. The Hall–Kier alpha value is -1.79. The minimum Gasteiger partial charge on any atom is -0.388 e. The molecule has 0 amide bonds. The molecule has 114 valence electrons. The van der Waals surface area contributed by atoms with Crippen LogP contribution in [0.15, 0.2) is 30.6 Å². The third-order valence-electron chi connectivity index (χ3n) is 3.34. The number of aromatic nitrogens is 2. The minimum absolute atomic E-state index is 0.00442. The predicted molar refractivity (Wildman–Crippen MR) is 75.5 cm³/mol. The van der Waals surface area contributed by atoms with Gasteiger partial charge in [-0.2, -0.15) is 5.10 Å². The first kappa shape index (κ1) is 15.6. The fourth-order valence-electron chi connectivity index (χ4n) is 2.22. The van der Waals surface area contributed by atoms with E-state index in [-0.39, 0.29) is 5.56 Å². The van der Waals surface area contributed by atoms with Crippen molar-refractivity contribution < 1.29 is 13.9 Å². The molecule has 0 aliphatic carbocycles. The summed E-state index contributed by atoms with van der Waals surface area (Å²) in [5.41, 5.74) is 1.07. The molecule has 0 saturated carbocycles. The predicted octanol–water partition coefficient (Wildman–Crippen LogP) is 2.25. The fourth-order valence-corrected chi connectivity index (χ4v) is 2.22. The molecule has 0 radical (unpaired) electrons. The molecule has 21 heavy (non-hydrogen) atoms. The maximum absolute atomic E-state index is 13.6. The maximum Gasteiger partial charge on any atom is 0.164 e. The molecule has 1 unspecified atom stereocenters. The van der Waals surface area contributed by atoms with Gasteiger partial charge in [-0.05, 0) is 19.5 Å². The van der Waals surface area contributed by atoms with E-state index in [9.17, 15) is 13.9 Å². The van der Waals surface area contributed by atoms with Gasteiger partial charge in [0.15, 0.2) is 11.6 Å². The van der Waals surface area contributed by atoms with Crippen LogP contribution in [0.3, 0.4) is 0 Å². The Morgan fingerprint density at radius 3 is 2.81 bits per heavy atom. The highest BCUT2D eigenvalue weighted by Gasteiger charge is 2.16. The summed E-state index contributed by atoms with van der Waals surface area (Å²) in [5.74, 6) is -1.91. The summed E-state index contributed by atoms with van der Waals surface area (Å²) in [7, 11) is 3.75. The van der Waals surface area contributed by atoms with Crippen molar-refractivity contribution >= 4 is 0 Å². The number of rotatable bonds is 6. The normalized spacial score (nSPS) is 12.9. The van der Waals surface area contributed by atoms with E-state index in [0.29, 0.717) is 19.5 Å². The van der Waals surface area contributed by atoms with Crippen LogP contribution < -0.4 is 0 Å². The number of aliphatic hydroxyl groups excluding tert-OH is 1. The van der Waals surface area contributed by atoms with E-state index in [2.05, 4.69) is 5.10 Å². The quantitative estimate of drug-likeness (QED) is 0.888. The lowest BCUT2D eigenvalue weighted by Crippen LogP contribution is -2.21. The van der Waals surface area contributed by atoms with Crippen LogP contribution in [0.5, 0.6) is 0 Å². The van der Waals surface area contributed by atoms with Crippen molar-refractivity contribution in [2.75, 3.05) is 13.6 Å². The van der Waals surface area contributed by atoms with E-state index in [0.717, 1.165) is 11.6 Å². The topological polar surface area (TPSA) is 41.3 Å². The van der Waals surface area contributed by atoms with Crippen molar-refractivity contribution in [3.63, 3.8) is 0 Å². The van der Waals surface area contributed by atoms with E-state index in [4.69, 9.17) is 0 Å². The number of benzene rings is 1. The molecule has 1 aromatic heterocycles. The molecule has 1 aromatic carbocycles. The Morgan fingerprint density at radius 1 is 1.38 bits per heavy atom. The molecule has 1 heterocycles. The zero-order chi connectivity index (χ0) is 15.4. The van der Waals surface area contributed by atoms with E-state index in [1.807, 2.05) is 25.2 Å². The van der Waals surface area contributed by atoms with Crippen LogP contribution >= 0.6 is 0 Å². The van der Waals surface area contributed by atoms with E-state index < -0.39 is 17.7 Å². The molecule has 0 spiro atoms. The summed E-state index contributed by atoms with van der Waals surface area (Å²) in [6.45, 7) is 1.25. The molecule has 2 aromatic rings. The van der Waals surface area contributed by atoms with E-state index in [1.54, 1.807) is 10.9 Å². The standard InChI is InChI=1S/C15H19F2N3O/c1-19(9-11-8-18-20(2)10-11)7-6-14(21)12-4-3-5-13(16)15(12)17/h3-5,8,10,14,21H,6-7,9H2,1-2H3. The molecule has 0 aliphatic heterocycles. The molecule has 4 nitrogen and oxygen atoms in total. The third kappa shape index (κ3) is 4.09. The average molecular weight is 295 g/mol. The molecule has 0 aliphatic rings. The van der Waals surface area contributed by atoms with Crippen molar-refractivity contribution in [1.82, 2.24) is 14.7 Å². The molecule has 1 N–H and O–H groups in total. The van der Waals surface area contributed by atoms with Crippen LogP contribution in [0.4, 0.5) is 8.78 Å². The lowest BCUT2D eigenvalue weighted by Gasteiger charge is -2.18. The zero-order valence-electron chi connectivity index (χ0n) is 12.1. The second-order valence-electron chi connectivity index (χ2n) is 5.21. The number of aryl methyl sites for hydroxylation is 1. The smallest absolute Gasteiger partial charge is 0.164 e. The molecule has 0 bridgehead atoms. The van der Waals surface area contributed by atoms with Gasteiger partial charge in [-0.25, -0.2) is 8.78 Å². The second kappa shape index (κ2) is 6.78. The number of aliphatic hydroxyl groups is 1. The lowest BCUT2D eigenvalue weighted by molar-refractivity contribution is 0.143. The van der Waals surface area contributed by atoms with Crippen LogP contribution in [0, 0.1) is 11.6 Å². The van der Waals surface area contributed by atoms with Gasteiger partial charge in [-0.1, -0.05) is 12.1 Å². The molecule has 0 saturated heterocycles. The van der Waals surface area contributed by atoms with E-state index in [1.165, 1.54) is 12.1 Å². The van der Waals surface area contributed by atoms with Gasteiger partial charge in [-0.3, -0.25) is 4.68 Å². The number of hydrogen-bond donors (Lipinski definition) is 1. The van der Waals surface area contributed by atoms with Crippen molar-refractivity contribution in [2.24, 2.45) is 7.05 Å². The number of nitrogens with zero attached hydrogens (tertiary/aromatic N) is 3. The summed E-state index contributed by atoms with van der Waals surface area (Å²) in [6.07, 6.45) is 3.01. The Kier molecular flexibility index (Phi) is 5.03. The monoisotopic (exact) mass is 295 g/mol. The SMILES string of the molecule is CN(CCC(O)c1cccc(F)c1F)Cc1cnn(C)c1. The molecule has 1 atom stereocenters. The summed E-state index contributed by atoms with van der Waals surface area (Å²) < 4.78 is 28.4. The van der Waals surface area contributed by atoms with Crippen molar-refractivity contribution in [3.8, 4) is 0 Å². The van der Waals surface area contributed by atoms with Gasteiger partial charge < -0.3 is 10.0 Å². The highest BCUT2D eigenvalue weighted by atomic mass is 19.2. The molecular weight excluding hydrogens is 276 g/mol. The average Bonchev–Trinajstić information content (AvgIpc) is 2.84. The van der Waals surface area contributed by atoms with Crippen LogP contribution in [0.2, 0.25) is 0 Å². The van der Waals surface area contributed by atoms with Crippen LogP contribution in [0.1, 0.15) is 23.7 Å². The van der Waals surface area contributed by atoms with Crippen molar-refractivity contribution in [2.45, 2.75) is 19.1 Å². The molecule has 6 heteroatoms. The van der Waals surface area contributed by atoms with Crippen LogP contribution in [-0.4, -0.2) is 33.4 Å². The maximum atomic E-state index is 13.6. The fraction of sp³-hybridized carbons (Fsp3) is 0.400. The van der Waals surface area contributed by atoms with Gasteiger partial charge in [0.2, 0.25) is 0 Å². The highest BCUT2D eigenvalue weighted by Crippen LogP contribution is 2.22. The Bertz CT molecular complexity index is 600. The molecular formula is C15H19F2N3O. The van der Waals surface area contributed by atoms with Gasteiger partial charge in [0.05, 0.1) is 12.3 Å². The highest BCUT2D eigenvalue weighted by molar-refractivity contribution is 5.21. The largest absolute Gasteiger partial charge is 0.388 e. The molecule has 2 rings (SSSR count). The van der Waals surface area contributed by atoms with E-state index >= 15 is 0 Å². The van der Waals surface area contributed by atoms with Crippen LogP contribution in [0.25, 0.3) is 0 Å². The van der Waals surface area contributed by atoms with Gasteiger partial charge in [-0.15, -0.1) is 0 Å². The van der Waals surface area contributed by atoms with Crippen molar-refractivity contribution in [1.29, 1.82) is 0 Å². The van der Waals surface area contributed by atoms with Gasteiger partial charge in [0, 0.05) is 37.5 Å². The van der Waals surface area contributed by atoms with Crippen LogP contribution in [-0.2, 0) is 13.6 Å². The first-order chi connectivity index (χ1) is 9.97. The zero-order valence-corrected chi connectivity index (χ0v) is 12.1. The van der Waals surface area contributed by atoms with Gasteiger partial charge >= 0.3 is 0 Å². The summed E-state index contributed by atoms with van der Waals surface area (Å²) >= 11 is 0. The Morgan fingerprint density at radius 2 is 2.14 bits per heavy atom. The Balaban J connectivity index is 1.88. The third-order valence-corrected chi connectivity index (χ3v) is 3.34. The first-order valence-electron chi connectivity index (χ1n) is 6.75. The lowest BCUT2D eigenvalue weighted by atomic mass is 10.1. The van der Waals surface area contributed by atoms with Crippen molar-refractivity contribution in [3.05, 3.63) is 53.4 Å². The second-order valence-corrected chi connectivity index (χ2v) is 5.21. The number of halogens is 2. The Labute approximate surface area is 122 Å². The summed E-state index contributed by atoms with van der Waals surface area (Å²) in [6, 6.07) is 3.85.